The fraction of sp³-hybridized carbons (Fsp3) is 0.348. The van der Waals surface area contributed by atoms with Gasteiger partial charge in [0, 0.05) is 41.7 Å². The summed E-state index contributed by atoms with van der Waals surface area (Å²) in [7, 11) is -3.60. The molecule has 4 rings (SSSR count). The lowest BCUT2D eigenvalue weighted by molar-refractivity contribution is -0.127. The lowest BCUT2D eigenvalue weighted by atomic mass is 9.94. The molecule has 186 valence electrons. The number of hydrogen-bond donors (Lipinski definition) is 2. The van der Waals surface area contributed by atoms with E-state index in [0.717, 1.165) is 10.6 Å². The number of anilines is 3. The van der Waals surface area contributed by atoms with Gasteiger partial charge in [0.1, 0.15) is 6.61 Å². The molecule has 2 heterocycles. The van der Waals surface area contributed by atoms with E-state index in [9.17, 15) is 22.8 Å². The summed E-state index contributed by atoms with van der Waals surface area (Å²) in [6.45, 7) is 0.704. The number of ether oxygens (including phenoxy) is 1. The van der Waals surface area contributed by atoms with Gasteiger partial charge in [-0.15, -0.1) is 0 Å². The van der Waals surface area contributed by atoms with E-state index in [-0.39, 0.29) is 25.6 Å². The number of carbonyl (C=O) groups is 3. The van der Waals surface area contributed by atoms with Crippen molar-refractivity contribution in [1.29, 1.82) is 0 Å². The Hall–Kier alpha value is -2.99. The minimum atomic E-state index is -3.60. The largest absolute Gasteiger partial charge is 0.370 e. The minimum Gasteiger partial charge on any atom is -0.370 e. The van der Waals surface area contributed by atoms with Crippen LogP contribution in [-0.4, -0.2) is 69.5 Å². The van der Waals surface area contributed by atoms with Gasteiger partial charge in [-0.05, 0) is 48.5 Å². The lowest BCUT2D eigenvalue weighted by Gasteiger charge is -2.27. The van der Waals surface area contributed by atoms with Crippen LogP contribution >= 0.6 is 11.6 Å². The van der Waals surface area contributed by atoms with Crippen molar-refractivity contribution in [3.8, 4) is 0 Å². The minimum absolute atomic E-state index is 0.0243. The second-order valence-electron chi connectivity index (χ2n) is 8.42. The predicted molar refractivity (Wildman–Crippen MR) is 132 cm³/mol. The van der Waals surface area contributed by atoms with Crippen LogP contribution in [0.3, 0.4) is 0 Å². The number of amides is 3. The van der Waals surface area contributed by atoms with Crippen LogP contribution in [0.25, 0.3) is 0 Å². The summed E-state index contributed by atoms with van der Waals surface area (Å²) in [6.07, 6.45) is 1.05. The van der Waals surface area contributed by atoms with Crippen molar-refractivity contribution in [3.05, 3.63) is 53.6 Å². The first-order valence-corrected chi connectivity index (χ1v) is 13.1. The van der Waals surface area contributed by atoms with Gasteiger partial charge < -0.3 is 20.3 Å². The zero-order valence-corrected chi connectivity index (χ0v) is 20.5. The Bertz CT molecular complexity index is 1220. The molecular formula is C23H25ClN4O6S. The third-order valence-electron chi connectivity index (χ3n) is 5.97. The van der Waals surface area contributed by atoms with E-state index in [2.05, 4.69) is 10.6 Å². The van der Waals surface area contributed by atoms with E-state index in [1.165, 1.54) is 0 Å². The Kier molecular flexibility index (Phi) is 7.41. The molecule has 0 unspecified atom stereocenters. The van der Waals surface area contributed by atoms with Crippen molar-refractivity contribution in [3.63, 3.8) is 0 Å². The summed E-state index contributed by atoms with van der Waals surface area (Å²) in [5, 5.41) is 6.01. The molecule has 0 bridgehead atoms. The molecule has 0 aromatic heterocycles. The Morgan fingerprint density at radius 2 is 1.46 bits per heavy atom. The predicted octanol–water partition coefficient (Wildman–Crippen LogP) is 1.79. The van der Waals surface area contributed by atoms with Crippen LogP contribution in [0.15, 0.2) is 48.5 Å². The zero-order valence-electron chi connectivity index (χ0n) is 18.9. The van der Waals surface area contributed by atoms with Crippen molar-refractivity contribution in [2.24, 2.45) is 11.8 Å². The van der Waals surface area contributed by atoms with Crippen molar-refractivity contribution >= 4 is 56.4 Å². The van der Waals surface area contributed by atoms with Crippen LogP contribution < -0.4 is 15.5 Å². The number of morpholine rings is 1. The number of halogens is 1. The molecule has 2 atom stereocenters. The molecule has 0 spiro atoms. The number of sulfonamides is 1. The first-order chi connectivity index (χ1) is 16.6. The molecule has 2 aromatic carbocycles. The molecule has 0 aliphatic carbocycles. The summed E-state index contributed by atoms with van der Waals surface area (Å²) in [5.41, 5.74) is 1.64. The fourth-order valence-corrected chi connectivity index (χ4v) is 5.08. The van der Waals surface area contributed by atoms with Gasteiger partial charge in [-0.2, -0.15) is 0 Å². The Morgan fingerprint density at radius 3 is 1.94 bits per heavy atom. The molecular weight excluding hydrogens is 496 g/mol. The highest BCUT2D eigenvalue weighted by atomic mass is 35.5. The molecule has 2 fully saturated rings. The average Bonchev–Trinajstić information content (AvgIpc) is 3.28. The number of hydrogen-bond acceptors (Lipinski definition) is 6. The second-order valence-corrected chi connectivity index (χ2v) is 10.8. The molecule has 2 N–H and O–H groups in total. The lowest BCUT2D eigenvalue weighted by Crippen LogP contribution is -2.41. The maximum Gasteiger partial charge on any atom is 0.253 e. The van der Waals surface area contributed by atoms with Crippen LogP contribution in [0.2, 0.25) is 5.02 Å². The highest BCUT2D eigenvalue weighted by Gasteiger charge is 2.44. The molecule has 2 aliphatic heterocycles. The van der Waals surface area contributed by atoms with Crippen molar-refractivity contribution in [1.82, 2.24) is 4.31 Å². The fourth-order valence-electron chi connectivity index (χ4n) is 4.09. The average molecular weight is 521 g/mol. The third kappa shape index (κ3) is 5.99. The molecule has 12 heteroatoms. The summed E-state index contributed by atoms with van der Waals surface area (Å²) < 4.78 is 30.6. The van der Waals surface area contributed by atoms with Gasteiger partial charge in [-0.1, -0.05) is 11.6 Å². The molecule has 2 aliphatic rings. The quantitative estimate of drug-likeness (QED) is 0.598. The summed E-state index contributed by atoms with van der Waals surface area (Å²) >= 11 is 5.88. The molecule has 35 heavy (non-hydrogen) atoms. The van der Waals surface area contributed by atoms with E-state index in [4.69, 9.17) is 16.3 Å². The number of nitrogens with zero attached hydrogens (tertiary/aromatic N) is 2. The van der Waals surface area contributed by atoms with Gasteiger partial charge in [0.15, 0.2) is 0 Å². The molecule has 3 amide bonds. The number of benzene rings is 2. The normalized spacial score (nSPS) is 21.1. The number of nitrogens with one attached hydrogen (secondary N) is 2. The SMILES string of the molecule is CS(=O)(=O)N1C[C@H](C(=O)Nc2ccc(Cl)cc2)[C@@H](C(=O)Nc2ccc(N3CCOCC3=O)cc2)C1. The second kappa shape index (κ2) is 10.3. The van der Waals surface area contributed by atoms with Crippen molar-refractivity contribution in [2.75, 3.05) is 54.6 Å². The maximum atomic E-state index is 13.1. The van der Waals surface area contributed by atoms with Crippen molar-refractivity contribution < 1.29 is 27.5 Å². The van der Waals surface area contributed by atoms with Crippen LogP contribution in [0.1, 0.15) is 0 Å². The third-order valence-corrected chi connectivity index (χ3v) is 7.46. The maximum absolute atomic E-state index is 13.1. The Labute approximate surface area is 208 Å². The van der Waals surface area contributed by atoms with E-state index < -0.39 is 33.7 Å². The van der Waals surface area contributed by atoms with Crippen molar-refractivity contribution in [2.45, 2.75) is 0 Å². The van der Waals surface area contributed by atoms with Gasteiger partial charge in [-0.3, -0.25) is 14.4 Å². The molecule has 0 saturated carbocycles. The molecule has 2 aromatic rings. The highest BCUT2D eigenvalue weighted by molar-refractivity contribution is 7.88. The molecule has 2 saturated heterocycles. The van der Waals surface area contributed by atoms with E-state index in [1.54, 1.807) is 53.4 Å². The monoisotopic (exact) mass is 520 g/mol. The highest BCUT2D eigenvalue weighted by Crippen LogP contribution is 2.29. The van der Waals surface area contributed by atoms with Crippen LogP contribution in [-0.2, 0) is 29.1 Å². The zero-order chi connectivity index (χ0) is 25.2. The van der Waals surface area contributed by atoms with Gasteiger partial charge in [0.2, 0.25) is 21.8 Å². The summed E-state index contributed by atoms with van der Waals surface area (Å²) in [4.78, 5) is 39.8. The van der Waals surface area contributed by atoms with Gasteiger partial charge in [0.05, 0.1) is 24.7 Å². The van der Waals surface area contributed by atoms with Gasteiger partial charge >= 0.3 is 0 Å². The Morgan fingerprint density at radius 1 is 0.943 bits per heavy atom. The number of carbonyl (C=O) groups excluding carboxylic acids is 3. The standard InChI is InChI=1S/C23H25ClN4O6S/c1-35(32,33)27-12-19(22(30)25-16-4-2-15(24)3-5-16)20(13-27)23(31)26-17-6-8-18(9-7-17)28-10-11-34-14-21(28)29/h2-9,19-20H,10-14H2,1H3,(H,25,30)(H,26,31)/t19-,20-/m0/s1. The van der Waals surface area contributed by atoms with Crippen LogP contribution in [0.4, 0.5) is 17.1 Å². The van der Waals surface area contributed by atoms with E-state index in [0.29, 0.717) is 35.2 Å². The summed E-state index contributed by atoms with van der Waals surface area (Å²) in [5.74, 6) is -2.85. The van der Waals surface area contributed by atoms with Crippen LogP contribution in [0, 0.1) is 11.8 Å². The van der Waals surface area contributed by atoms with E-state index in [1.807, 2.05) is 0 Å². The topological polar surface area (TPSA) is 125 Å². The first kappa shape index (κ1) is 25.1. The Balaban J connectivity index is 1.47. The van der Waals surface area contributed by atoms with Crippen LogP contribution in [0.5, 0.6) is 0 Å². The first-order valence-electron chi connectivity index (χ1n) is 10.9. The van der Waals surface area contributed by atoms with Gasteiger partial charge in [0.25, 0.3) is 5.91 Å². The number of rotatable bonds is 6. The van der Waals surface area contributed by atoms with E-state index >= 15 is 0 Å². The summed E-state index contributed by atoms with van der Waals surface area (Å²) in [6, 6.07) is 13.2. The van der Waals surface area contributed by atoms with Gasteiger partial charge in [-0.25, -0.2) is 12.7 Å². The molecule has 0 radical (unpaired) electrons. The smallest absolute Gasteiger partial charge is 0.253 e. The molecule has 10 nitrogen and oxygen atoms in total.